The minimum atomic E-state index is -0.294. The highest BCUT2D eigenvalue weighted by Gasteiger charge is 2.40. The lowest BCUT2D eigenvalue weighted by atomic mass is 10.3. The number of carbonyl (C=O) groups excluding carboxylic acids is 2. The zero-order valence-corrected chi connectivity index (χ0v) is 11.0. The lowest BCUT2D eigenvalue weighted by molar-refractivity contribution is 0.131. The van der Waals surface area contributed by atoms with Crippen molar-refractivity contribution in [3.8, 4) is 0 Å². The molecular formula is C14H17N3O3. The molecule has 106 valence electrons. The normalized spacial score (nSPS) is 21.5. The largest absolute Gasteiger partial charge is 0.442 e. The van der Waals surface area contributed by atoms with Crippen LogP contribution in [-0.4, -0.2) is 42.3 Å². The summed E-state index contributed by atoms with van der Waals surface area (Å²) in [5, 5.41) is 5.44. The molecule has 1 saturated carbocycles. The number of ether oxygens (including phenoxy) is 1. The van der Waals surface area contributed by atoms with Crippen molar-refractivity contribution >= 4 is 17.8 Å². The number of rotatable bonds is 4. The topological polar surface area (TPSA) is 70.7 Å². The van der Waals surface area contributed by atoms with Crippen molar-refractivity contribution in [2.45, 2.75) is 25.0 Å². The van der Waals surface area contributed by atoms with Crippen LogP contribution in [0.3, 0.4) is 0 Å². The summed E-state index contributed by atoms with van der Waals surface area (Å²) in [5.74, 6) is 0. The van der Waals surface area contributed by atoms with Gasteiger partial charge in [-0.15, -0.1) is 0 Å². The third-order valence-corrected chi connectivity index (χ3v) is 3.41. The molecular weight excluding hydrogens is 258 g/mol. The summed E-state index contributed by atoms with van der Waals surface area (Å²) in [4.78, 5) is 25.0. The Balaban J connectivity index is 1.43. The molecule has 1 saturated heterocycles. The molecule has 0 radical (unpaired) electrons. The van der Waals surface area contributed by atoms with Gasteiger partial charge >= 0.3 is 12.1 Å². The fourth-order valence-electron chi connectivity index (χ4n) is 2.24. The van der Waals surface area contributed by atoms with Crippen molar-refractivity contribution in [1.82, 2.24) is 10.2 Å². The minimum absolute atomic E-state index is 0.260. The molecule has 3 amide bonds. The quantitative estimate of drug-likeness (QED) is 0.880. The molecule has 0 spiro atoms. The van der Waals surface area contributed by atoms with E-state index in [0.717, 1.165) is 18.5 Å². The van der Waals surface area contributed by atoms with Crippen LogP contribution >= 0.6 is 0 Å². The van der Waals surface area contributed by atoms with Crippen molar-refractivity contribution in [2.75, 3.05) is 18.4 Å². The maximum absolute atomic E-state index is 11.7. The molecule has 1 aliphatic heterocycles. The van der Waals surface area contributed by atoms with Crippen LogP contribution in [0.1, 0.15) is 12.8 Å². The van der Waals surface area contributed by atoms with Gasteiger partial charge in [-0.2, -0.15) is 0 Å². The predicted octanol–water partition coefficient (Wildman–Crippen LogP) is 1.79. The molecule has 2 fully saturated rings. The van der Waals surface area contributed by atoms with E-state index in [1.807, 2.05) is 30.3 Å². The van der Waals surface area contributed by atoms with Crippen molar-refractivity contribution in [1.29, 1.82) is 0 Å². The number of nitrogens with one attached hydrogen (secondary N) is 2. The zero-order valence-electron chi connectivity index (χ0n) is 11.0. The second-order valence-electron chi connectivity index (χ2n) is 5.09. The minimum Gasteiger partial charge on any atom is -0.442 e. The molecule has 6 nitrogen and oxygen atoms in total. The van der Waals surface area contributed by atoms with E-state index in [1.165, 1.54) is 0 Å². The summed E-state index contributed by atoms with van der Waals surface area (Å²) in [5.41, 5.74) is 0.730. The maximum atomic E-state index is 11.7. The highest BCUT2D eigenvalue weighted by molar-refractivity contribution is 5.89. The van der Waals surface area contributed by atoms with E-state index in [0.29, 0.717) is 19.1 Å². The molecule has 0 bridgehead atoms. The molecule has 1 aliphatic carbocycles. The van der Waals surface area contributed by atoms with Gasteiger partial charge in [0, 0.05) is 11.7 Å². The van der Waals surface area contributed by atoms with Gasteiger partial charge in [0.05, 0.1) is 13.1 Å². The highest BCUT2D eigenvalue weighted by atomic mass is 16.6. The Morgan fingerprint density at radius 2 is 2.05 bits per heavy atom. The number of nitrogens with zero attached hydrogens (tertiary/aromatic N) is 1. The summed E-state index contributed by atoms with van der Waals surface area (Å²) < 4.78 is 5.22. The van der Waals surface area contributed by atoms with E-state index < -0.39 is 0 Å². The molecule has 0 aromatic heterocycles. The van der Waals surface area contributed by atoms with Gasteiger partial charge < -0.3 is 20.3 Å². The van der Waals surface area contributed by atoms with Crippen LogP contribution in [0.5, 0.6) is 0 Å². The van der Waals surface area contributed by atoms with E-state index in [4.69, 9.17) is 4.74 Å². The first-order chi connectivity index (χ1) is 9.72. The molecule has 1 atom stereocenters. The van der Waals surface area contributed by atoms with Crippen molar-refractivity contribution < 1.29 is 14.3 Å². The number of hydrogen-bond donors (Lipinski definition) is 2. The average Bonchev–Trinajstić information content (AvgIpc) is 3.21. The van der Waals surface area contributed by atoms with Crippen LogP contribution in [0.2, 0.25) is 0 Å². The third kappa shape index (κ3) is 3.01. The molecule has 1 aromatic carbocycles. The average molecular weight is 275 g/mol. The molecule has 6 heteroatoms. The van der Waals surface area contributed by atoms with E-state index in [9.17, 15) is 9.59 Å². The van der Waals surface area contributed by atoms with Gasteiger partial charge in [-0.1, -0.05) is 18.2 Å². The lowest BCUT2D eigenvalue weighted by Gasteiger charge is -2.12. The van der Waals surface area contributed by atoms with Crippen molar-refractivity contribution in [3.05, 3.63) is 30.3 Å². The summed E-state index contributed by atoms with van der Waals surface area (Å²) in [6, 6.07) is 9.26. The summed E-state index contributed by atoms with van der Waals surface area (Å²) >= 11 is 0. The summed E-state index contributed by atoms with van der Waals surface area (Å²) in [6.07, 6.45) is 1.60. The second-order valence-corrected chi connectivity index (χ2v) is 5.09. The molecule has 2 aliphatic rings. The Morgan fingerprint density at radius 3 is 2.75 bits per heavy atom. The number of amides is 3. The van der Waals surface area contributed by atoms with Crippen LogP contribution in [0.25, 0.3) is 0 Å². The van der Waals surface area contributed by atoms with Crippen LogP contribution in [-0.2, 0) is 4.74 Å². The van der Waals surface area contributed by atoms with Gasteiger partial charge in [0.15, 0.2) is 0 Å². The van der Waals surface area contributed by atoms with Crippen LogP contribution in [0, 0.1) is 0 Å². The Bertz CT molecular complexity index is 502. The van der Waals surface area contributed by atoms with Gasteiger partial charge in [0.2, 0.25) is 0 Å². The van der Waals surface area contributed by atoms with E-state index in [1.54, 1.807) is 4.90 Å². The zero-order chi connectivity index (χ0) is 13.9. The molecule has 20 heavy (non-hydrogen) atoms. The number of anilines is 1. The molecule has 3 rings (SSSR count). The SMILES string of the molecule is O=C(NCC1CN(C2CC2)C(=O)O1)Nc1ccccc1. The standard InChI is InChI=1S/C14H17N3O3/c18-13(16-10-4-2-1-3-5-10)15-8-12-9-17(11-6-7-11)14(19)20-12/h1-5,11-12H,6-9H2,(H2,15,16,18). The molecule has 1 aromatic rings. The van der Waals surface area contributed by atoms with Crippen molar-refractivity contribution in [2.24, 2.45) is 0 Å². The Morgan fingerprint density at radius 1 is 1.30 bits per heavy atom. The Kier molecular flexibility index (Phi) is 3.45. The number of cyclic esters (lactones) is 1. The predicted molar refractivity (Wildman–Crippen MR) is 73.5 cm³/mol. The Labute approximate surface area is 117 Å². The second kappa shape index (κ2) is 5.40. The smallest absolute Gasteiger partial charge is 0.410 e. The number of para-hydroxylation sites is 1. The third-order valence-electron chi connectivity index (χ3n) is 3.41. The number of hydrogen-bond acceptors (Lipinski definition) is 3. The van der Waals surface area contributed by atoms with Gasteiger partial charge in [-0.3, -0.25) is 0 Å². The fraction of sp³-hybridized carbons (Fsp3) is 0.429. The number of carbonyl (C=O) groups is 2. The monoisotopic (exact) mass is 275 g/mol. The Hall–Kier alpha value is -2.24. The lowest BCUT2D eigenvalue weighted by Crippen LogP contribution is -2.37. The highest BCUT2D eigenvalue weighted by Crippen LogP contribution is 2.30. The number of urea groups is 1. The van der Waals surface area contributed by atoms with E-state index in [-0.39, 0.29) is 18.2 Å². The summed E-state index contributed by atoms with van der Waals surface area (Å²) in [7, 11) is 0. The molecule has 1 heterocycles. The van der Waals surface area contributed by atoms with E-state index in [2.05, 4.69) is 10.6 Å². The van der Waals surface area contributed by atoms with Crippen LogP contribution in [0.4, 0.5) is 15.3 Å². The van der Waals surface area contributed by atoms with Gasteiger partial charge in [0.25, 0.3) is 0 Å². The van der Waals surface area contributed by atoms with Crippen LogP contribution < -0.4 is 10.6 Å². The van der Waals surface area contributed by atoms with E-state index >= 15 is 0 Å². The first-order valence-corrected chi connectivity index (χ1v) is 6.79. The van der Waals surface area contributed by atoms with Crippen molar-refractivity contribution in [3.63, 3.8) is 0 Å². The fourth-order valence-corrected chi connectivity index (χ4v) is 2.24. The molecule has 2 N–H and O–H groups in total. The van der Waals surface area contributed by atoms with Crippen LogP contribution in [0.15, 0.2) is 30.3 Å². The van der Waals surface area contributed by atoms with Gasteiger partial charge in [-0.05, 0) is 25.0 Å². The van der Waals surface area contributed by atoms with Gasteiger partial charge in [-0.25, -0.2) is 9.59 Å². The molecule has 1 unspecified atom stereocenters. The summed E-state index contributed by atoms with van der Waals surface area (Å²) in [6.45, 7) is 0.892. The number of benzene rings is 1. The first kappa shape index (κ1) is 12.8. The van der Waals surface area contributed by atoms with Gasteiger partial charge in [0.1, 0.15) is 6.10 Å². The first-order valence-electron chi connectivity index (χ1n) is 6.79. The maximum Gasteiger partial charge on any atom is 0.410 e.